The van der Waals surface area contributed by atoms with Crippen LogP contribution >= 0.6 is 11.6 Å². The van der Waals surface area contributed by atoms with E-state index in [-0.39, 0.29) is 6.04 Å². The van der Waals surface area contributed by atoms with E-state index < -0.39 is 0 Å². The molecule has 112 valence electrons. The van der Waals surface area contributed by atoms with Crippen molar-refractivity contribution in [1.82, 2.24) is 0 Å². The molecular weight excluding hydrogens is 282 g/mol. The number of hydrogen-bond donors (Lipinski definition) is 1. The van der Waals surface area contributed by atoms with Gasteiger partial charge < -0.3 is 10.1 Å². The van der Waals surface area contributed by atoms with Gasteiger partial charge in [0.15, 0.2) is 0 Å². The third-order valence-corrected chi connectivity index (χ3v) is 3.42. The Kier molecular flexibility index (Phi) is 5.51. The van der Waals surface area contributed by atoms with Crippen molar-refractivity contribution in [3.05, 3.63) is 59.1 Å². The lowest BCUT2D eigenvalue weighted by Crippen LogP contribution is -2.07. The average Bonchev–Trinajstić information content (AvgIpc) is 2.46. The highest BCUT2D eigenvalue weighted by atomic mass is 35.5. The molecule has 0 aliphatic heterocycles. The molecule has 2 aromatic carbocycles. The normalized spacial score (nSPS) is 12.2. The lowest BCUT2D eigenvalue weighted by Gasteiger charge is -2.17. The molecule has 2 nitrogen and oxygen atoms in total. The Balaban J connectivity index is 2.01. The number of halogens is 1. The summed E-state index contributed by atoms with van der Waals surface area (Å²) in [7, 11) is 0. The molecule has 1 N–H and O–H groups in total. The zero-order chi connectivity index (χ0) is 15.2. The van der Waals surface area contributed by atoms with E-state index in [0.717, 1.165) is 23.1 Å². The zero-order valence-electron chi connectivity index (χ0n) is 12.8. The van der Waals surface area contributed by atoms with Crippen LogP contribution in [0.25, 0.3) is 0 Å². The van der Waals surface area contributed by atoms with Crippen molar-refractivity contribution in [3.8, 4) is 5.75 Å². The van der Waals surface area contributed by atoms with Gasteiger partial charge in [0.1, 0.15) is 5.75 Å². The molecule has 0 bridgehead atoms. The van der Waals surface area contributed by atoms with Crippen LogP contribution in [-0.4, -0.2) is 6.61 Å². The molecule has 0 saturated carbocycles. The predicted molar refractivity (Wildman–Crippen MR) is 90.3 cm³/mol. The second-order valence-electron chi connectivity index (χ2n) is 5.65. The summed E-state index contributed by atoms with van der Waals surface area (Å²) < 4.78 is 5.75. The highest BCUT2D eigenvalue weighted by molar-refractivity contribution is 6.30. The number of anilines is 1. The molecule has 2 aromatic rings. The summed E-state index contributed by atoms with van der Waals surface area (Å²) in [6.45, 7) is 7.15. The van der Waals surface area contributed by atoms with Crippen molar-refractivity contribution >= 4 is 17.3 Å². The van der Waals surface area contributed by atoms with Gasteiger partial charge in [0, 0.05) is 22.8 Å². The van der Waals surface area contributed by atoms with Gasteiger partial charge in [0.2, 0.25) is 0 Å². The molecule has 0 heterocycles. The van der Waals surface area contributed by atoms with E-state index in [9.17, 15) is 0 Å². The summed E-state index contributed by atoms with van der Waals surface area (Å²) in [5.74, 6) is 1.42. The SMILES string of the molecule is CC(C)COc1cccc(NC(C)c2ccc(Cl)cc2)c1. The Morgan fingerprint density at radius 2 is 1.76 bits per heavy atom. The van der Waals surface area contributed by atoms with Crippen LogP contribution in [0.4, 0.5) is 5.69 Å². The largest absolute Gasteiger partial charge is 0.493 e. The van der Waals surface area contributed by atoms with Gasteiger partial charge in [-0.1, -0.05) is 43.6 Å². The molecule has 3 heteroatoms. The minimum absolute atomic E-state index is 0.211. The van der Waals surface area contributed by atoms with Gasteiger partial charge in [-0.15, -0.1) is 0 Å². The summed E-state index contributed by atoms with van der Waals surface area (Å²) >= 11 is 5.92. The topological polar surface area (TPSA) is 21.3 Å². The van der Waals surface area contributed by atoms with Crippen LogP contribution in [0.1, 0.15) is 32.4 Å². The first kappa shape index (κ1) is 15.7. The summed E-state index contributed by atoms with van der Waals surface area (Å²) in [4.78, 5) is 0. The zero-order valence-corrected chi connectivity index (χ0v) is 13.5. The van der Waals surface area contributed by atoms with Gasteiger partial charge in [-0.25, -0.2) is 0 Å². The van der Waals surface area contributed by atoms with Crippen molar-refractivity contribution in [2.24, 2.45) is 5.92 Å². The quantitative estimate of drug-likeness (QED) is 0.755. The third kappa shape index (κ3) is 4.98. The summed E-state index contributed by atoms with van der Waals surface area (Å²) in [5.41, 5.74) is 2.26. The van der Waals surface area contributed by atoms with Crippen LogP contribution < -0.4 is 10.1 Å². The molecule has 0 amide bonds. The molecule has 0 aliphatic carbocycles. The molecule has 0 spiro atoms. The van der Waals surface area contributed by atoms with Gasteiger partial charge in [-0.05, 0) is 42.7 Å². The number of rotatable bonds is 6. The Bertz CT molecular complexity index is 566. The van der Waals surface area contributed by atoms with Gasteiger partial charge in [0.25, 0.3) is 0 Å². The van der Waals surface area contributed by atoms with E-state index in [1.54, 1.807) is 0 Å². The maximum atomic E-state index is 5.92. The van der Waals surface area contributed by atoms with Crippen molar-refractivity contribution in [3.63, 3.8) is 0 Å². The lowest BCUT2D eigenvalue weighted by atomic mass is 10.1. The maximum absolute atomic E-state index is 5.92. The van der Waals surface area contributed by atoms with Crippen LogP contribution in [0, 0.1) is 5.92 Å². The van der Waals surface area contributed by atoms with E-state index in [4.69, 9.17) is 16.3 Å². The maximum Gasteiger partial charge on any atom is 0.121 e. The summed E-state index contributed by atoms with van der Waals surface area (Å²) in [5, 5.41) is 4.24. The lowest BCUT2D eigenvalue weighted by molar-refractivity contribution is 0.271. The molecule has 21 heavy (non-hydrogen) atoms. The smallest absolute Gasteiger partial charge is 0.121 e. The number of benzene rings is 2. The van der Waals surface area contributed by atoms with Gasteiger partial charge in [-0.3, -0.25) is 0 Å². The van der Waals surface area contributed by atoms with Crippen molar-refractivity contribution in [2.45, 2.75) is 26.8 Å². The Hall–Kier alpha value is -1.67. The molecule has 2 rings (SSSR count). The number of hydrogen-bond acceptors (Lipinski definition) is 2. The number of nitrogens with one attached hydrogen (secondary N) is 1. The molecule has 0 aromatic heterocycles. The average molecular weight is 304 g/mol. The summed E-state index contributed by atoms with van der Waals surface area (Å²) in [6, 6.07) is 16.2. The molecule has 0 fully saturated rings. The van der Waals surface area contributed by atoms with E-state index >= 15 is 0 Å². The highest BCUT2D eigenvalue weighted by Crippen LogP contribution is 2.24. The standard InChI is InChI=1S/C18H22ClNO/c1-13(2)12-21-18-6-4-5-17(11-18)20-14(3)15-7-9-16(19)10-8-15/h4-11,13-14,20H,12H2,1-3H3. The second kappa shape index (κ2) is 7.37. The minimum Gasteiger partial charge on any atom is -0.493 e. The first-order valence-electron chi connectivity index (χ1n) is 7.29. The molecule has 1 unspecified atom stereocenters. The molecule has 1 atom stereocenters. The third-order valence-electron chi connectivity index (χ3n) is 3.17. The fraction of sp³-hybridized carbons (Fsp3) is 0.333. The van der Waals surface area contributed by atoms with Gasteiger partial charge >= 0.3 is 0 Å². The highest BCUT2D eigenvalue weighted by Gasteiger charge is 2.06. The first-order chi connectivity index (χ1) is 10.0. The monoisotopic (exact) mass is 303 g/mol. The van der Waals surface area contributed by atoms with E-state index in [0.29, 0.717) is 5.92 Å². The predicted octanol–water partition coefficient (Wildman–Crippen LogP) is 5.55. The van der Waals surface area contributed by atoms with E-state index in [2.05, 4.69) is 32.2 Å². The molecule has 0 saturated heterocycles. The number of ether oxygens (including phenoxy) is 1. The van der Waals surface area contributed by atoms with Crippen molar-refractivity contribution in [2.75, 3.05) is 11.9 Å². The van der Waals surface area contributed by atoms with Gasteiger partial charge in [-0.2, -0.15) is 0 Å². The van der Waals surface area contributed by atoms with Crippen LogP contribution in [0.2, 0.25) is 5.02 Å². The van der Waals surface area contributed by atoms with E-state index in [1.165, 1.54) is 5.56 Å². The van der Waals surface area contributed by atoms with Crippen LogP contribution in [0.3, 0.4) is 0 Å². The Morgan fingerprint density at radius 1 is 1.05 bits per heavy atom. The van der Waals surface area contributed by atoms with Crippen LogP contribution in [-0.2, 0) is 0 Å². The Morgan fingerprint density at radius 3 is 2.43 bits per heavy atom. The van der Waals surface area contributed by atoms with E-state index in [1.807, 2.05) is 42.5 Å². The Labute approximate surface area is 132 Å². The van der Waals surface area contributed by atoms with Crippen molar-refractivity contribution in [1.29, 1.82) is 0 Å². The minimum atomic E-state index is 0.211. The molecule has 0 aliphatic rings. The first-order valence-corrected chi connectivity index (χ1v) is 7.67. The fourth-order valence-electron chi connectivity index (χ4n) is 2.02. The van der Waals surface area contributed by atoms with Crippen LogP contribution in [0.15, 0.2) is 48.5 Å². The van der Waals surface area contributed by atoms with Gasteiger partial charge in [0.05, 0.1) is 6.61 Å². The molecular formula is C18H22ClNO. The summed E-state index contributed by atoms with van der Waals surface area (Å²) in [6.07, 6.45) is 0. The van der Waals surface area contributed by atoms with Crippen LogP contribution in [0.5, 0.6) is 5.75 Å². The van der Waals surface area contributed by atoms with Crippen molar-refractivity contribution < 1.29 is 4.74 Å². The molecule has 0 radical (unpaired) electrons. The second-order valence-corrected chi connectivity index (χ2v) is 6.09. The fourth-order valence-corrected chi connectivity index (χ4v) is 2.15.